The molecule has 1 heterocycles. The molecular weight excluding hydrogens is 408 g/mol. The number of rotatable bonds is 9. The molecule has 0 aliphatic carbocycles. The molecule has 8 heteroatoms. The molecule has 6 nitrogen and oxygen atoms in total. The van der Waals surface area contributed by atoms with Gasteiger partial charge in [-0.25, -0.2) is 0 Å². The smallest absolute Gasteiger partial charge is 0.230 e. The normalized spacial score (nSPS) is 10.6. The molecule has 0 spiro atoms. The number of thioether (sulfide) groups is 1. The first-order valence-corrected chi connectivity index (χ1v) is 10.3. The van der Waals surface area contributed by atoms with Crippen molar-refractivity contribution in [1.29, 1.82) is 0 Å². The van der Waals surface area contributed by atoms with E-state index >= 15 is 0 Å². The maximum absolute atomic E-state index is 12.3. The fourth-order valence-electron chi connectivity index (χ4n) is 2.73. The van der Waals surface area contributed by atoms with Gasteiger partial charge < -0.3 is 10.1 Å². The van der Waals surface area contributed by atoms with Crippen molar-refractivity contribution in [2.45, 2.75) is 18.2 Å². The highest BCUT2D eigenvalue weighted by Gasteiger charge is 2.15. The Morgan fingerprint density at radius 1 is 1.24 bits per heavy atom. The van der Waals surface area contributed by atoms with Gasteiger partial charge in [-0.15, -0.1) is 16.8 Å². The summed E-state index contributed by atoms with van der Waals surface area (Å²) in [7, 11) is 1.61. The second kappa shape index (κ2) is 10.1. The number of aromatic nitrogens is 3. The quantitative estimate of drug-likeness (QED) is 0.408. The Morgan fingerprint density at radius 3 is 2.72 bits per heavy atom. The molecule has 3 aromatic rings. The van der Waals surface area contributed by atoms with Crippen LogP contribution in [0.1, 0.15) is 5.56 Å². The van der Waals surface area contributed by atoms with Gasteiger partial charge in [0.1, 0.15) is 5.75 Å². The monoisotopic (exact) mass is 428 g/mol. The average molecular weight is 429 g/mol. The van der Waals surface area contributed by atoms with Crippen molar-refractivity contribution in [3.63, 3.8) is 0 Å². The maximum atomic E-state index is 12.3. The average Bonchev–Trinajstić information content (AvgIpc) is 3.14. The summed E-state index contributed by atoms with van der Waals surface area (Å²) in [6.45, 7) is 4.74. The van der Waals surface area contributed by atoms with Gasteiger partial charge in [0.25, 0.3) is 0 Å². The molecule has 0 radical (unpaired) electrons. The van der Waals surface area contributed by atoms with Gasteiger partial charge in [-0.2, -0.15) is 0 Å². The topological polar surface area (TPSA) is 69.0 Å². The lowest BCUT2D eigenvalue weighted by atomic mass is 10.2. The largest absolute Gasteiger partial charge is 0.496 e. The molecule has 0 saturated carbocycles. The Labute approximate surface area is 178 Å². The van der Waals surface area contributed by atoms with Gasteiger partial charge in [-0.3, -0.25) is 9.36 Å². The lowest BCUT2D eigenvalue weighted by Crippen LogP contribution is -2.25. The lowest BCUT2D eigenvalue weighted by Gasteiger charge is -2.10. The zero-order valence-electron chi connectivity index (χ0n) is 16.0. The molecule has 0 bridgehead atoms. The van der Waals surface area contributed by atoms with Crippen molar-refractivity contribution in [3.05, 3.63) is 71.8 Å². The lowest BCUT2D eigenvalue weighted by molar-refractivity contribution is -0.118. The van der Waals surface area contributed by atoms with Gasteiger partial charge in [0.2, 0.25) is 5.91 Å². The number of nitrogens with zero attached hydrogens (tertiary/aromatic N) is 3. The standard InChI is InChI=1S/C21H21ClN4O2S/c1-3-12-26-20(15-8-10-17(22)11-9-15)24-25-21(26)29-14-19(27)23-13-16-6-4-5-7-18(16)28-2/h3-11H,1,12-14H2,2H3,(H,23,27). The summed E-state index contributed by atoms with van der Waals surface area (Å²) in [5.74, 6) is 1.59. The number of nitrogens with one attached hydrogen (secondary N) is 1. The predicted molar refractivity (Wildman–Crippen MR) is 116 cm³/mol. The zero-order valence-corrected chi connectivity index (χ0v) is 17.5. The number of ether oxygens (including phenoxy) is 1. The highest BCUT2D eigenvalue weighted by Crippen LogP contribution is 2.25. The van der Waals surface area contributed by atoms with Gasteiger partial charge in [-0.1, -0.05) is 47.6 Å². The number of amides is 1. The minimum atomic E-state index is -0.0953. The Kier molecular flexibility index (Phi) is 7.32. The second-order valence-corrected chi connectivity index (χ2v) is 7.47. The minimum absolute atomic E-state index is 0.0953. The summed E-state index contributed by atoms with van der Waals surface area (Å²) in [6, 6.07) is 15.0. The van der Waals surface area contributed by atoms with E-state index < -0.39 is 0 Å². The van der Waals surface area contributed by atoms with Crippen molar-refractivity contribution in [1.82, 2.24) is 20.1 Å². The van der Waals surface area contributed by atoms with E-state index in [-0.39, 0.29) is 11.7 Å². The van der Waals surface area contributed by atoms with Crippen LogP contribution in [0.25, 0.3) is 11.4 Å². The van der Waals surface area contributed by atoms with Gasteiger partial charge >= 0.3 is 0 Å². The van der Waals surface area contributed by atoms with E-state index in [1.807, 2.05) is 53.1 Å². The molecule has 0 aliphatic heterocycles. The molecule has 0 aliphatic rings. The summed E-state index contributed by atoms with van der Waals surface area (Å²) in [6.07, 6.45) is 1.77. The SMILES string of the molecule is C=CCn1c(SCC(=O)NCc2ccccc2OC)nnc1-c1ccc(Cl)cc1. The highest BCUT2D eigenvalue weighted by atomic mass is 35.5. The van der Waals surface area contributed by atoms with E-state index in [1.165, 1.54) is 11.8 Å². The summed E-state index contributed by atoms with van der Waals surface area (Å²) < 4.78 is 7.23. The van der Waals surface area contributed by atoms with Crippen molar-refractivity contribution in [3.8, 4) is 17.1 Å². The number of para-hydroxylation sites is 1. The number of hydrogen-bond acceptors (Lipinski definition) is 5. The number of allylic oxidation sites excluding steroid dienone is 1. The molecule has 3 rings (SSSR count). The Morgan fingerprint density at radius 2 is 2.00 bits per heavy atom. The Hall–Kier alpha value is -2.77. The number of benzene rings is 2. The second-order valence-electron chi connectivity index (χ2n) is 6.09. The van der Waals surface area contributed by atoms with Crippen LogP contribution in [0.4, 0.5) is 0 Å². The van der Waals surface area contributed by atoms with Crippen LogP contribution in [-0.2, 0) is 17.9 Å². The Balaban J connectivity index is 1.64. The van der Waals surface area contributed by atoms with Crippen LogP contribution >= 0.6 is 23.4 Å². The van der Waals surface area contributed by atoms with Gasteiger partial charge in [0.15, 0.2) is 11.0 Å². The molecule has 1 aromatic heterocycles. The Bertz CT molecular complexity index is 989. The summed E-state index contributed by atoms with van der Waals surface area (Å²) in [4.78, 5) is 12.3. The van der Waals surface area contributed by atoms with Crippen LogP contribution in [0.15, 0.2) is 66.3 Å². The van der Waals surface area contributed by atoms with Gasteiger partial charge in [0, 0.05) is 29.2 Å². The summed E-state index contributed by atoms with van der Waals surface area (Å²) >= 11 is 7.30. The van der Waals surface area contributed by atoms with Crippen LogP contribution in [0.5, 0.6) is 5.75 Å². The van der Waals surface area contributed by atoms with E-state index in [4.69, 9.17) is 16.3 Å². The van der Waals surface area contributed by atoms with Crippen LogP contribution in [0.2, 0.25) is 5.02 Å². The number of carbonyl (C=O) groups excluding carboxylic acids is 1. The summed E-state index contributed by atoms with van der Waals surface area (Å²) in [5, 5.41) is 12.7. The highest BCUT2D eigenvalue weighted by molar-refractivity contribution is 7.99. The molecule has 1 N–H and O–H groups in total. The molecule has 29 heavy (non-hydrogen) atoms. The molecule has 2 aromatic carbocycles. The van der Waals surface area contributed by atoms with E-state index in [9.17, 15) is 4.79 Å². The number of halogens is 1. The van der Waals surface area contributed by atoms with Crippen molar-refractivity contribution < 1.29 is 9.53 Å². The molecule has 0 unspecified atom stereocenters. The van der Waals surface area contributed by atoms with Gasteiger partial charge in [0.05, 0.1) is 12.9 Å². The molecule has 0 fully saturated rings. The molecule has 150 valence electrons. The van der Waals surface area contributed by atoms with Crippen LogP contribution in [0, 0.1) is 0 Å². The first-order valence-electron chi connectivity index (χ1n) is 8.93. The van der Waals surface area contributed by atoms with Crippen molar-refractivity contribution in [2.75, 3.05) is 12.9 Å². The third-order valence-electron chi connectivity index (χ3n) is 4.13. The number of methoxy groups -OCH3 is 1. The maximum Gasteiger partial charge on any atom is 0.230 e. The van der Waals surface area contributed by atoms with Crippen LogP contribution in [0.3, 0.4) is 0 Å². The first kappa shape index (κ1) is 21.0. The summed E-state index contributed by atoms with van der Waals surface area (Å²) in [5.41, 5.74) is 1.82. The number of hydrogen-bond donors (Lipinski definition) is 1. The van der Waals surface area contributed by atoms with E-state index in [0.717, 1.165) is 16.9 Å². The molecule has 0 atom stereocenters. The van der Waals surface area contributed by atoms with Crippen molar-refractivity contribution >= 4 is 29.3 Å². The number of carbonyl (C=O) groups is 1. The van der Waals surface area contributed by atoms with E-state index in [0.29, 0.717) is 29.1 Å². The third kappa shape index (κ3) is 5.40. The fraction of sp³-hybridized carbons (Fsp3) is 0.190. The van der Waals surface area contributed by atoms with Crippen molar-refractivity contribution in [2.24, 2.45) is 0 Å². The molecule has 0 saturated heterocycles. The molecule has 1 amide bonds. The fourth-order valence-corrected chi connectivity index (χ4v) is 3.63. The van der Waals surface area contributed by atoms with Gasteiger partial charge in [-0.05, 0) is 30.3 Å². The van der Waals surface area contributed by atoms with Crippen LogP contribution < -0.4 is 10.1 Å². The molecular formula is C21H21ClN4O2S. The zero-order chi connectivity index (χ0) is 20.6. The minimum Gasteiger partial charge on any atom is -0.496 e. The first-order chi connectivity index (χ1) is 14.1. The third-order valence-corrected chi connectivity index (χ3v) is 5.35. The van der Waals surface area contributed by atoms with E-state index in [2.05, 4.69) is 22.1 Å². The van der Waals surface area contributed by atoms with E-state index in [1.54, 1.807) is 13.2 Å². The predicted octanol–water partition coefficient (Wildman–Crippen LogP) is 4.20. The van der Waals surface area contributed by atoms with Crippen LogP contribution in [-0.4, -0.2) is 33.5 Å².